The summed E-state index contributed by atoms with van der Waals surface area (Å²) in [5.74, 6) is 5.20. The van der Waals surface area contributed by atoms with Crippen molar-refractivity contribution in [2.24, 2.45) is 20.0 Å². The monoisotopic (exact) mass is 2180 g/mol. The molecule has 0 aromatic heterocycles. The van der Waals surface area contributed by atoms with Crippen LogP contribution in [-0.2, 0) is 42.3 Å². The van der Waals surface area contributed by atoms with E-state index in [-0.39, 0.29) is 29.5 Å². The van der Waals surface area contributed by atoms with Crippen LogP contribution in [0.2, 0.25) is 40.2 Å². The van der Waals surface area contributed by atoms with Gasteiger partial charge in [0.25, 0.3) is 23.6 Å². The van der Waals surface area contributed by atoms with Gasteiger partial charge in [0.05, 0.1) is 136 Å². The smallest absolute Gasteiger partial charge is 0.256 e. The van der Waals surface area contributed by atoms with Crippen LogP contribution in [0.15, 0.2) is 214 Å². The molecular weight excluding hydrogens is 2070 g/mol. The van der Waals surface area contributed by atoms with Gasteiger partial charge in [0.2, 0.25) is 5.91 Å². The minimum Gasteiger partial charge on any atom is -0.495 e. The standard InChI is InChI=1S/C30H30Cl2N4O4.C29H30Cl2N4O3.C27H28Cl2N4O3.C27H25Cl2N3O4/c1-18(37)36-12-10-35(11-13-36)17-19-4-6-20(7-5-19)30(38)34-29-23-9-8-21(14-22(23)16-33-29)26-27(31)24(39-2)15-25(40-3)28(26)32;1-4-34-11-13-35(14-12-34)21-8-5-18(6-9-21)29(36)33-28-22-10-7-19(15-20(22)17-32-28)25-26(30)23(37-2)16-24(38-3)27(25)31;1-33(2)12-11-30-19-8-5-16(6-9-19)27(34)32-26-20-10-7-17(13-18(20)15-31-26)23-24(28)21(35-3)14-22(36-4)25(23)29;1-34-21-14-22(35-2)25(29)23(24(21)28)17-5-8-20-18(13-17)15-30-26(20)31-27(33)16-3-6-19(7-4-16)32-9-11-36-12-10-32/h4-9,14-15H,10-13,16-17H2,1-3H3,(H,33,34,38);5-10,15-16H,4,11-14,17H2,1-3H3,(H,32,33,36);5-10,13-14,30H,11-12,15H2,1-4H3,(H,31,32,34);3-8,13-14H,9-12,15H2,1-2H3,(H,30,31,33). The minimum absolute atomic E-state index is 0.122. The maximum atomic E-state index is 13.0. The normalized spacial score (nSPS) is 14.3. The number of hydrogen-bond acceptors (Lipinski definition) is 24. The first-order valence-corrected chi connectivity index (χ1v) is 51.5. The fraction of sp³-hybridized carbons (Fsp3) is 0.283. The number of methoxy groups -OCH3 is 8. The number of rotatable bonds is 25. The number of anilines is 3. The van der Waals surface area contributed by atoms with Crippen LogP contribution < -0.4 is 74.3 Å². The molecule has 7 aliphatic heterocycles. The van der Waals surface area contributed by atoms with E-state index in [4.69, 9.17) is 135 Å². The van der Waals surface area contributed by atoms with Crippen molar-refractivity contribution in [1.29, 1.82) is 0 Å². The zero-order valence-electron chi connectivity index (χ0n) is 84.8. The molecule has 150 heavy (non-hydrogen) atoms. The molecule has 5 amide bonds. The van der Waals surface area contributed by atoms with E-state index < -0.39 is 0 Å². The Morgan fingerprint density at radius 2 is 0.613 bits per heavy atom. The third-order valence-corrected chi connectivity index (χ3v) is 29.7. The molecule has 0 radical (unpaired) electrons. The van der Waals surface area contributed by atoms with Crippen molar-refractivity contribution >= 4 is 163 Å². The molecule has 0 bridgehead atoms. The molecule has 7 heterocycles. The Morgan fingerprint density at radius 3 is 0.887 bits per heavy atom. The third kappa shape index (κ3) is 24.9. The third-order valence-electron chi connectivity index (χ3n) is 26.7. The van der Waals surface area contributed by atoms with E-state index in [0.717, 1.165) is 181 Å². The second-order valence-electron chi connectivity index (χ2n) is 36.0. The number of morpholine rings is 1. The van der Waals surface area contributed by atoms with Gasteiger partial charge in [-0.15, -0.1) is 0 Å². The second kappa shape index (κ2) is 50.0. The highest BCUT2D eigenvalue weighted by Gasteiger charge is 2.32. The van der Waals surface area contributed by atoms with E-state index in [9.17, 15) is 24.0 Å². The van der Waals surface area contributed by atoms with Gasteiger partial charge in [-0.25, -0.2) is 0 Å². The summed E-state index contributed by atoms with van der Waals surface area (Å²) in [6.45, 7) is 19.5. The zero-order valence-corrected chi connectivity index (χ0v) is 90.9. The summed E-state index contributed by atoms with van der Waals surface area (Å²) in [7, 11) is 16.4. The van der Waals surface area contributed by atoms with Crippen molar-refractivity contribution in [3.05, 3.63) is 307 Å². The summed E-state index contributed by atoms with van der Waals surface area (Å²) in [4.78, 5) is 95.0. The molecule has 0 atom stereocenters. The van der Waals surface area contributed by atoms with Gasteiger partial charge in [-0.2, -0.15) is 0 Å². The fourth-order valence-corrected chi connectivity index (χ4v) is 21.2. The molecule has 7 aliphatic rings. The summed E-state index contributed by atoms with van der Waals surface area (Å²) in [5.41, 5.74) is 19.6. The van der Waals surface area contributed by atoms with Crippen LogP contribution in [0.3, 0.4) is 0 Å². The number of nitrogens with one attached hydrogen (secondary N) is 5. The van der Waals surface area contributed by atoms with E-state index in [0.29, 0.717) is 193 Å². The highest BCUT2D eigenvalue weighted by Crippen LogP contribution is 2.52. The first-order valence-electron chi connectivity index (χ1n) is 48.5. The molecule has 3 saturated heterocycles. The first-order chi connectivity index (χ1) is 72.5. The van der Waals surface area contributed by atoms with Crippen molar-refractivity contribution in [2.75, 3.05) is 184 Å². The van der Waals surface area contributed by atoms with Crippen LogP contribution in [0.25, 0.3) is 44.5 Å². The molecule has 19 rings (SSSR count). The Labute approximate surface area is 911 Å². The Morgan fingerprint density at radius 1 is 0.340 bits per heavy atom. The van der Waals surface area contributed by atoms with E-state index in [2.05, 4.69) is 78.0 Å². The predicted molar refractivity (Wildman–Crippen MR) is 599 cm³/mol. The lowest BCUT2D eigenvalue weighted by atomic mass is 9.99. The summed E-state index contributed by atoms with van der Waals surface area (Å²) in [6, 6.07) is 60.1. The molecule has 0 spiro atoms. The molecule has 37 heteroatoms. The minimum atomic E-state index is -0.221. The van der Waals surface area contributed by atoms with E-state index in [1.807, 2.05) is 177 Å². The summed E-state index contributed by atoms with van der Waals surface area (Å²) < 4.78 is 48.6. The number of amides is 5. The summed E-state index contributed by atoms with van der Waals surface area (Å²) in [5, 5.41) is 18.4. The Bertz CT molecular complexity index is 7090. The van der Waals surface area contributed by atoms with Gasteiger partial charge < -0.3 is 93.7 Å². The molecule has 12 aromatic carbocycles. The van der Waals surface area contributed by atoms with E-state index in [1.54, 1.807) is 86.0 Å². The van der Waals surface area contributed by atoms with Gasteiger partial charge in [-0.3, -0.25) is 48.8 Å². The van der Waals surface area contributed by atoms with E-state index >= 15 is 0 Å². The maximum absolute atomic E-state index is 13.0. The van der Waals surface area contributed by atoms with Gasteiger partial charge in [-0.05, 0) is 180 Å². The number of carbonyl (C=O) groups is 5. The van der Waals surface area contributed by atoms with E-state index in [1.165, 1.54) is 14.2 Å². The average molecular weight is 2190 g/mol. The molecule has 0 unspecified atom stereocenters. The van der Waals surface area contributed by atoms with Crippen LogP contribution in [-0.4, -0.2) is 242 Å². The van der Waals surface area contributed by atoms with Crippen LogP contribution in [0.5, 0.6) is 46.0 Å². The summed E-state index contributed by atoms with van der Waals surface area (Å²) in [6.07, 6.45) is 0. The molecule has 780 valence electrons. The highest BCUT2D eigenvalue weighted by molar-refractivity contribution is 6.44. The van der Waals surface area contributed by atoms with Crippen molar-refractivity contribution in [3.63, 3.8) is 0 Å². The number of nitrogens with zero attached hydrogens (tertiary/aromatic N) is 10. The number of carbonyl (C=O) groups excluding carboxylic acids is 5. The van der Waals surface area contributed by atoms with Crippen LogP contribution >= 0.6 is 92.8 Å². The largest absolute Gasteiger partial charge is 0.495 e. The lowest BCUT2D eigenvalue weighted by Gasteiger charge is -2.35. The molecule has 3 fully saturated rings. The number of amidine groups is 4. The molecule has 0 aliphatic carbocycles. The number of benzene rings is 12. The van der Waals surface area contributed by atoms with Crippen molar-refractivity contribution in [1.82, 2.24) is 40.9 Å². The number of hydrogen-bond donors (Lipinski definition) is 5. The van der Waals surface area contributed by atoms with Gasteiger partial charge in [0, 0.05) is 200 Å². The van der Waals surface area contributed by atoms with Crippen LogP contribution in [0.4, 0.5) is 17.1 Å². The molecule has 5 N–H and O–H groups in total. The van der Waals surface area contributed by atoms with Gasteiger partial charge in [0.1, 0.15) is 69.3 Å². The quantitative estimate of drug-likeness (QED) is 0.0355. The topological polar surface area (TPSA) is 297 Å². The Kier molecular flexibility index (Phi) is 36.5. The van der Waals surface area contributed by atoms with Crippen molar-refractivity contribution < 1.29 is 66.6 Å². The van der Waals surface area contributed by atoms with Crippen LogP contribution in [0.1, 0.15) is 105 Å². The fourth-order valence-electron chi connectivity index (χ4n) is 18.3. The van der Waals surface area contributed by atoms with Gasteiger partial charge in [0.15, 0.2) is 0 Å². The number of halogens is 8. The zero-order chi connectivity index (χ0) is 106. The Balaban J connectivity index is 0.000000142. The van der Waals surface area contributed by atoms with Crippen molar-refractivity contribution in [3.8, 4) is 90.5 Å². The number of likely N-dealkylation sites (N-methyl/N-ethyl adjacent to an activating group) is 2. The lowest BCUT2D eigenvalue weighted by molar-refractivity contribution is -0.130. The molecule has 0 saturated carbocycles. The molecule has 12 aromatic rings. The Hall–Kier alpha value is -13.4. The average Bonchev–Trinajstić information content (AvgIpc) is 1.49. The summed E-state index contributed by atoms with van der Waals surface area (Å²) >= 11 is 52.8. The highest BCUT2D eigenvalue weighted by atomic mass is 35.5. The predicted octanol–water partition coefficient (Wildman–Crippen LogP) is 21.1. The SMILES string of the molecule is CCN1CCN(c2ccc(C(=O)NC3=NCc4cc(-c5c(Cl)c(OC)cc(OC)c5Cl)ccc43)cc2)CC1.COc1cc(OC)c(Cl)c(-c2ccc3c(c2)CN=C3NC(=O)c2ccc(CN3CCN(C(C)=O)CC3)cc2)c1Cl.COc1cc(OC)c(Cl)c(-c2ccc3c(c2)CN=C3NC(=O)c2ccc(N3CCOCC3)cc2)c1Cl.COc1cc(OC)c(Cl)c(-c2ccc3c(c2)CN=C3NC(=O)c2ccc(NCCN(C)C)cc2)c1Cl. The number of fused-ring (bicyclic) bond motifs is 4. The van der Waals surface area contributed by atoms with Gasteiger partial charge >= 0.3 is 0 Å². The van der Waals surface area contributed by atoms with Crippen LogP contribution in [0, 0.1) is 0 Å². The van der Waals surface area contributed by atoms with Gasteiger partial charge in [-0.1, -0.05) is 160 Å². The lowest BCUT2D eigenvalue weighted by Crippen LogP contribution is -2.47. The molecular formula is C113H113Cl8N15O14. The number of aliphatic imine (C=N–C) groups is 4. The van der Waals surface area contributed by atoms with Crippen molar-refractivity contribution in [2.45, 2.75) is 46.6 Å². The number of ether oxygens (including phenoxy) is 9. The molecule has 29 nitrogen and oxygen atoms in total. The maximum Gasteiger partial charge on any atom is 0.256 e. The second-order valence-corrected chi connectivity index (χ2v) is 39.0. The number of piperazine rings is 2. The first kappa shape index (κ1) is 109.